The maximum Gasteiger partial charge on any atom is 0.240 e. The molecule has 0 bridgehead atoms. The summed E-state index contributed by atoms with van der Waals surface area (Å²) in [7, 11) is 0. The molecule has 0 aromatic heterocycles. The van der Waals surface area contributed by atoms with Gasteiger partial charge >= 0.3 is 0 Å². The summed E-state index contributed by atoms with van der Waals surface area (Å²) in [5.41, 5.74) is 4.83. The van der Waals surface area contributed by atoms with Crippen LogP contribution in [-0.4, -0.2) is 69.5 Å². The van der Waals surface area contributed by atoms with Crippen molar-refractivity contribution in [2.75, 3.05) is 26.2 Å². The Morgan fingerprint density at radius 1 is 1.03 bits per heavy atom. The van der Waals surface area contributed by atoms with E-state index in [1.807, 2.05) is 37.3 Å². The summed E-state index contributed by atoms with van der Waals surface area (Å²) in [6.07, 6.45) is -0.638. The van der Waals surface area contributed by atoms with E-state index in [4.69, 9.17) is 0 Å². The van der Waals surface area contributed by atoms with Crippen LogP contribution >= 0.6 is 0 Å². The van der Waals surface area contributed by atoms with E-state index < -0.39 is 12.5 Å². The summed E-state index contributed by atoms with van der Waals surface area (Å²) in [6, 6.07) is 16.4. The third kappa shape index (κ3) is 4.67. The second kappa shape index (κ2) is 8.63. The zero-order valence-electron chi connectivity index (χ0n) is 16.9. The van der Waals surface area contributed by atoms with Crippen molar-refractivity contribution in [1.29, 1.82) is 0 Å². The Labute approximate surface area is 172 Å². The van der Waals surface area contributed by atoms with Gasteiger partial charge in [-0.25, -0.2) is 4.90 Å². The van der Waals surface area contributed by atoms with E-state index in [0.717, 1.165) is 30.6 Å². The van der Waals surface area contributed by atoms with E-state index in [2.05, 4.69) is 23.1 Å². The number of amides is 1. The number of benzene rings is 2. The van der Waals surface area contributed by atoms with Crippen LogP contribution in [0, 0.1) is 6.92 Å². The van der Waals surface area contributed by atoms with Crippen molar-refractivity contribution < 1.29 is 15.0 Å². The maximum absolute atomic E-state index is 12.4. The SMILES string of the molecule is Cc1ccc(CN2C(=O)CN(CC(O)CN3CCc4ccccc4C3)C2O)cc1. The second-order valence-corrected chi connectivity index (χ2v) is 8.19. The molecule has 2 heterocycles. The van der Waals surface area contributed by atoms with E-state index in [0.29, 0.717) is 13.1 Å². The first-order chi connectivity index (χ1) is 14.0. The zero-order chi connectivity index (χ0) is 20.4. The Hall–Kier alpha value is -2.25. The van der Waals surface area contributed by atoms with Gasteiger partial charge in [0, 0.05) is 32.7 Å². The fourth-order valence-corrected chi connectivity index (χ4v) is 4.23. The van der Waals surface area contributed by atoms with Gasteiger partial charge in [0.2, 0.25) is 5.91 Å². The van der Waals surface area contributed by atoms with Crippen LogP contribution in [0.4, 0.5) is 0 Å². The molecule has 1 saturated heterocycles. The van der Waals surface area contributed by atoms with E-state index in [-0.39, 0.29) is 19.0 Å². The first-order valence-corrected chi connectivity index (χ1v) is 10.2. The average Bonchev–Trinajstić information content (AvgIpc) is 2.96. The minimum absolute atomic E-state index is 0.114. The highest BCUT2D eigenvalue weighted by Gasteiger charge is 2.37. The Bertz CT molecular complexity index is 855. The molecule has 6 nitrogen and oxygen atoms in total. The van der Waals surface area contributed by atoms with E-state index in [9.17, 15) is 15.0 Å². The molecule has 1 amide bonds. The summed E-state index contributed by atoms with van der Waals surface area (Å²) in [4.78, 5) is 17.8. The quantitative estimate of drug-likeness (QED) is 0.773. The smallest absolute Gasteiger partial charge is 0.240 e. The second-order valence-electron chi connectivity index (χ2n) is 8.19. The maximum atomic E-state index is 12.4. The lowest BCUT2D eigenvalue weighted by Crippen LogP contribution is -2.45. The molecule has 0 spiro atoms. The van der Waals surface area contributed by atoms with Crippen molar-refractivity contribution in [3.8, 4) is 0 Å². The van der Waals surface area contributed by atoms with Gasteiger partial charge in [0.1, 0.15) is 0 Å². The summed E-state index contributed by atoms with van der Waals surface area (Å²) >= 11 is 0. The third-order valence-electron chi connectivity index (χ3n) is 5.86. The van der Waals surface area contributed by atoms with Crippen LogP contribution in [0.3, 0.4) is 0 Å². The molecule has 2 aromatic carbocycles. The Balaban J connectivity index is 1.31. The molecule has 154 valence electrons. The predicted molar refractivity (Wildman–Crippen MR) is 111 cm³/mol. The summed E-state index contributed by atoms with van der Waals surface area (Å²) in [5.74, 6) is -0.114. The fraction of sp³-hybridized carbons (Fsp3) is 0.435. The molecule has 2 aliphatic heterocycles. The van der Waals surface area contributed by atoms with Gasteiger partial charge in [0.15, 0.2) is 6.35 Å². The zero-order valence-corrected chi connectivity index (χ0v) is 16.9. The van der Waals surface area contributed by atoms with Gasteiger partial charge < -0.3 is 10.2 Å². The summed E-state index contributed by atoms with van der Waals surface area (Å²) in [5, 5.41) is 21.2. The standard InChI is InChI=1S/C23H29N3O3/c1-17-6-8-18(9-7-17)12-26-22(28)16-25(23(26)29)15-21(27)14-24-11-10-19-4-2-3-5-20(19)13-24/h2-9,21,23,27,29H,10-16H2,1H3. The van der Waals surface area contributed by atoms with Crippen molar-refractivity contribution in [3.63, 3.8) is 0 Å². The lowest BCUT2D eigenvalue weighted by molar-refractivity contribution is -0.136. The molecule has 6 heteroatoms. The number of nitrogens with zero attached hydrogens (tertiary/aromatic N) is 3. The van der Waals surface area contributed by atoms with Crippen LogP contribution in [0.15, 0.2) is 48.5 Å². The van der Waals surface area contributed by atoms with Crippen molar-refractivity contribution in [2.45, 2.75) is 38.9 Å². The monoisotopic (exact) mass is 395 g/mol. The third-order valence-corrected chi connectivity index (χ3v) is 5.86. The molecule has 2 aliphatic rings. The number of hydrogen-bond donors (Lipinski definition) is 2. The number of carbonyl (C=O) groups excluding carboxylic acids is 1. The summed E-state index contributed by atoms with van der Waals surface area (Å²) < 4.78 is 0. The van der Waals surface area contributed by atoms with Gasteiger partial charge in [-0.3, -0.25) is 14.6 Å². The minimum atomic E-state index is -1.000. The van der Waals surface area contributed by atoms with Crippen LogP contribution in [0.1, 0.15) is 22.3 Å². The van der Waals surface area contributed by atoms with E-state index in [1.165, 1.54) is 16.0 Å². The molecule has 0 aliphatic carbocycles. The molecule has 0 radical (unpaired) electrons. The molecule has 29 heavy (non-hydrogen) atoms. The number of aliphatic hydroxyl groups excluding tert-OH is 2. The highest BCUT2D eigenvalue weighted by Crippen LogP contribution is 2.20. The first kappa shape index (κ1) is 20.0. The van der Waals surface area contributed by atoms with Gasteiger partial charge in [-0.15, -0.1) is 0 Å². The lowest BCUT2D eigenvalue weighted by Gasteiger charge is -2.32. The van der Waals surface area contributed by atoms with Crippen LogP contribution in [0.2, 0.25) is 0 Å². The molecule has 4 rings (SSSR count). The number of hydrogen-bond acceptors (Lipinski definition) is 5. The molecular formula is C23H29N3O3. The van der Waals surface area contributed by atoms with Crippen LogP contribution < -0.4 is 0 Å². The number of aliphatic hydroxyl groups is 2. The normalized spacial score (nSPS) is 21.4. The van der Waals surface area contributed by atoms with Crippen LogP contribution in [-0.2, 0) is 24.3 Å². The number of β-amino-alcohol motifs (C(OH)–C–C–N with tert-alkyl or cyclic N) is 1. The van der Waals surface area contributed by atoms with Gasteiger partial charge in [-0.2, -0.15) is 0 Å². The Morgan fingerprint density at radius 2 is 1.76 bits per heavy atom. The fourth-order valence-electron chi connectivity index (χ4n) is 4.23. The molecule has 2 unspecified atom stereocenters. The number of fused-ring (bicyclic) bond motifs is 1. The van der Waals surface area contributed by atoms with Crippen molar-refractivity contribution in [1.82, 2.24) is 14.7 Å². The molecule has 2 N–H and O–H groups in total. The highest BCUT2D eigenvalue weighted by molar-refractivity contribution is 5.80. The largest absolute Gasteiger partial charge is 0.390 e. The predicted octanol–water partition coefficient (Wildman–Crippen LogP) is 1.33. The molecule has 0 saturated carbocycles. The molecule has 1 fully saturated rings. The van der Waals surface area contributed by atoms with Gasteiger partial charge in [0.05, 0.1) is 12.6 Å². The number of carbonyl (C=O) groups is 1. The Kier molecular flexibility index (Phi) is 5.96. The number of aryl methyl sites for hydroxylation is 1. The molecule has 2 aromatic rings. The Morgan fingerprint density at radius 3 is 2.52 bits per heavy atom. The average molecular weight is 396 g/mol. The van der Waals surface area contributed by atoms with Gasteiger partial charge in [-0.1, -0.05) is 54.1 Å². The van der Waals surface area contributed by atoms with E-state index in [1.54, 1.807) is 4.90 Å². The topological polar surface area (TPSA) is 67.2 Å². The van der Waals surface area contributed by atoms with Crippen molar-refractivity contribution >= 4 is 5.91 Å². The lowest BCUT2D eigenvalue weighted by atomic mass is 10.00. The minimum Gasteiger partial charge on any atom is -0.390 e. The van der Waals surface area contributed by atoms with E-state index >= 15 is 0 Å². The van der Waals surface area contributed by atoms with Gasteiger partial charge in [-0.05, 0) is 30.0 Å². The van der Waals surface area contributed by atoms with Crippen molar-refractivity contribution in [2.24, 2.45) is 0 Å². The molecule has 2 atom stereocenters. The first-order valence-electron chi connectivity index (χ1n) is 10.2. The molecular weight excluding hydrogens is 366 g/mol. The van der Waals surface area contributed by atoms with Gasteiger partial charge in [0.25, 0.3) is 0 Å². The van der Waals surface area contributed by atoms with Crippen LogP contribution in [0.5, 0.6) is 0 Å². The number of rotatable bonds is 6. The summed E-state index contributed by atoms with van der Waals surface area (Å²) in [6.45, 7) is 5.06. The highest BCUT2D eigenvalue weighted by atomic mass is 16.3. The van der Waals surface area contributed by atoms with Crippen LogP contribution in [0.25, 0.3) is 0 Å². The van der Waals surface area contributed by atoms with Crippen molar-refractivity contribution in [3.05, 3.63) is 70.8 Å².